The van der Waals surface area contributed by atoms with Crippen molar-refractivity contribution in [2.75, 3.05) is 26.9 Å². The molecule has 0 saturated carbocycles. The molecule has 1 aromatic rings. The lowest BCUT2D eigenvalue weighted by Crippen LogP contribution is -2.24. The van der Waals surface area contributed by atoms with Gasteiger partial charge in [-0.05, 0) is 30.5 Å². The smallest absolute Gasteiger partial charge is 0.0716 e. The number of benzene rings is 1. The second kappa shape index (κ2) is 9.96. The molecule has 3 nitrogen and oxygen atoms in total. The van der Waals surface area contributed by atoms with Crippen LogP contribution < -0.4 is 5.32 Å². The molecule has 1 N–H and O–H groups in total. The van der Waals surface area contributed by atoms with Gasteiger partial charge in [-0.3, -0.25) is 0 Å². The fraction of sp³-hybridized carbons (Fsp3) is 0.625. The van der Waals surface area contributed by atoms with Crippen LogP contribution in [0.5, 0.6) is 0 Å². The topological polar surface area (TPSA) is 30.5 Å². The number of nitrogens with one attached hydrogen (secondary N) is 1. The van der Waals surface area contributed by atoms with Gasteiger partial charge in [0.2, 0.25) is 0 Å². The number of hydrogen-bond donors (Lipinski definition) is 1. The first-order chi connectivity index (χ1) is 9.22. The van der Waals surface area contributed by atoms with Crippen molar-refractivity contribution in [3.63, 3.8) is 0 Å². The third kappa shape index (κ3) is 7.98. The van der Waals surface area contributed by atoms with Crippen LogP contribution in [0.25, 0.3) is 0 Å². The van der Waals surface area contributed by atoms with Crippen molar-refractivity contribution in [1.82, 2.24) is 5.32 Å². The zero-order valence-electron chi connectivity index (χ0n) is 12.4. The van der Waals surface area contributed by atoms with E-state index in [2.05, 4.69) is 43.4 Å². The van der Waals surface area contributed by atoms with E-state index >= 15 is 0 Å². The summed E-state index contributed by atoms with van der Waals surface area (Å²) in [7, 11) is 1.72. The van der Waals surface area contributed by atoms with E-state index in [1.165, 1.54) is 11.1 Å². The van der Waals surface area contributed by atoms with Crippen LogP contribution in [-0.4, -0.2) is 32.9 Å². The Morgan fingerprint density at radius 1 is 1.05 bits per heavy atom. The molecule has 0 aromatic heterocycles. The summed E-state index contributed by atoms with van der Waals surface area (Å²) in [5, 5.41) is 3.43. The van der Waals surface area contributed by atoms with E-state index in [0.717, 1.165) is 32.6 Å². The van der Waals surface area contributed by atoms with Crippen molar-refractivity contribution < 1.29 is 9.47 Å². The monoisotopic (exact) mass is 265 g/mol. The van der Waals surface area contributed by atoms with E-state index in [9.17, 15) is 0 Å². The third-order valence-electron chi connectivity index (χ3n) is 2.90. The van der Waals surface area contributed by atoms with E-state index in [-0.39, 0.29) is 0 Å². The molecule has 19 heavy (non-hydrogen) atoms. The summed E-state index contributed by atoms with van der Waals surface area (Å²) in [6.07, 6.45) is 2.03. The number of methoxy groups -OCH3 is 1. The molecule has 1 rings (SSSR count). The summed E-state index contributed by atoms with van der Waals surface area (Å²) < 4.78 is 10.6. The van der Waals surface area contributed by atoms with E-state index in [1.54, 1.807) is 7.11 Å². The van der Waals surface area contributed by atoms with Gasteiger partial charge >= 0.3 is 0 Å². The second-order valence-corrected chi connectivity index (χ2v) is 5.07. The number of rotatable bonds is 10. The lowest BCUT2D eigenvalue weighted by atomic mass is 10.1. The Morgan fingerprint density at radius 2 is 1.74 bits per heavy atom. The number of hydrogen-bond acceptors (Lipinski definition) is 3. The van der Waals surface area contributed by atoms with Crippen molar-refractivity contribution >= 4 is 0 Å². The van der Waals surface area contributed by atoms with Crippen LogP contribution in [0.1, 0.15) is 31.4 Å². The van der Waals surface area contributed by atoms with Crippen molar-refractivity contribution in [2.45, 2.75) is 39.3 Å². The van der Waals surface area contributed by atoms with Gasteiger partial charge in [0.1, 0.15) is 0 Å². The Hall–Kier alpha value is -0.900. The van der Waals surface area contributed by atoms with Crippen LogP contribution in [-0.2, 0) is 22.5 Å². The largest absolute Gasteiger partial charge is 0.385 e. The fourth-order valence-corrected chi connectivity index (χ4v) is 1.80. The maximum absolute atomic E-state index is 5.58. The Balaban J connectivity index is 2.19. The van der Waals surface area contributed by atoms with Gasteiger partial charge in [0.25, 0.3) is 0 Å². The Morgan fingerprint density at radius 3 is 2.37 bits per heavy atom. The van der Waals surface area contributed by atoms with Gasteiger partial charge < -0.3 is 14.8 Å². The third-order valence-corrected chi connectivity index (χ3v) is 2.90. The predicted molar refractivity (Wildman–Crippen MR) is 79.4 cm³/mol. The lowest BCUT2D eigenvalue weighted by molar-refractivity contribution is 0.0928. The summed E-state index contributed by atoms with van der Waals surface area (Å²) in [6.45, 7) is 7.59. The molecule has 108 valence electrons. The molecule has 0 saturated heterocycles. The minimum Gasteiger partial charge on any atom is -0.385 e. The molecule has 0 aliphatic carbocycles. The molecule has 0 bridgehead atoms. The van der Waals surface area contributed by atoms with E-state index in [0.29, 0.717) is 12.6 Å². The molecular weight excluding hydrogens is 238 g/mol. The van der Waals surface area contributed by atoms with Crippen LogP contribution in [0.2, 0.25) is 0 Å². The van der Waals surface area contributed by atoms with Crippen LogP contribution in [0.4, 0.5) is 0 Å². The quantitative estimate of drug-likeness (QED) is 0.660. The van der Waals surface area contributed by atoms with Gasteiger partial charge in [-0.25, -0.2) is 0 Å². The SMILES string of the molecule is COCCCOCc1ccc(CCNC(C)C)cc1. The first-order valence-corrected chi connectivity index (χ1v) is 7.10. The summed E-state index contributed by atoms with van der Waals surface area (Å²) in [6, 6.07) is 9.24. The highest BCUT2D eigenvalue weighted by molar-refractivity contribution is 5.22. The molecule has 0 spiro atoms. The predicted octanol–water partition coefficient (Wildman–Crippen LogP) is 2.78. The average Bonchev–Trinajstić information content (AvgIpc) is 2.40. The lowest BCUT2D eigenvalue weighted by Gasteiger charge is -2.08. The summed E-state index contributed by atoms with van der Waals surface area (Å²) in [5.74, 6) is 0. The molecule has 1 aromatic carbocycles. The van der Waals surface area contributed by atoms with Crippen molar-refractivity contribution in [3.8, 4) is 0 Å². The van der Waals surface area contributed by atoms with Crippen molar-refractivity contribution in [1.29, 1.82) is 0 Å². The van der Waals surface area contributed by atoms with Crippen LogP contribution >= 0.6 is 0 Å². The molecule has 0 aliphatic rings. The van der Waals surface area contributed by atoms with Gasteiger partial charge in [0, 0.05) is 26.4 Å². The van der Waals surface area contributed by atoms with Gasteiger partial charge in [-0.2, -0.15) is 0 Å². The van der Waals surface area contributed by atoms with Gasteiger partial charge in [0.15, 0.2) is 0 Å². The molecule has 0 atom stereocenters. The molecule has 0 amide bonds. The molecule has 0 unspecified atom stereocenters. The standard InChI is InChI=1S/C16H27NO2/c1-14(2)17-10-9-15-5-7-16(8-6-15)13-19-12-4-11-18-3/h5-8,14,17H,4,9-13H2,1-3H3. The number of ether oxygens (including phenoxy) is 2. The molecular formula is C16H27NO2. The highest BCUT2D eigenvalue weighted by Gasteiger charge is 1.97. The summed E-state index contributed by atoms with van der Waals surface area (Å²) in [5.41, 5.74) is 2.61. The van der Waals surface area contributed by atoms with Crippen molar-refractivity contribution in [3.05, 3.63) is 35.4 Å². The highest BCUT2D eigenvalue weighted by atomic mass is 16.5. The minimum atomic E-state index is 0.555. The summed E-state index contributed by atoms with van der Waals surface area (Å²) >= 11 is 0. The maximum atomic E-state index is 5.58. The van der Waals surface area contributed by atoms with E-state index < -0.39 is 0 Å². The zero-order chi connectivity index (χ0) is 13.9. The van der Waals surface area contributed by atoms with Gasteiger partial charge in [-0.1, -0.05) is 38.1 Å². The van der Waals surface area contributed by atoms with E-state index in [1.807, 2.05) is 0 Å². The molecule has 0 radical (unpaired) electrons. The van der Waals surface area contributed by atoms with E-state index in [4.69, 9.17) is 9.47 Å². The Labute approximate surface area is 117 Å². The second-order valence-electron chi connectivity index (χ2n) is 5.07. The van der Waals surface area contributed by atoms with Crippen LogP contribution in [0.3, 0.4) is 0 Å². The Bertz CT molecular complexity index is 322. The van der Waals surface area contributed by atoms with Crippen LogP contribution in [0, 0.1) is 0 Å². The molecule has 0 aliphatic heterocycles. The Kier molecular flexibility index (Phi) is 8.47. The normalized spacial score (nSPS) is 11.2. The maximum Gasteiger partial charge on any atom is 0.0716 e. The minimum absolute atomic E-state index is 0.555. The van der Waals surface area contributed by atoms with Crippen molar-refractivity contribution in [2.24, 2.45) is 0 Å². The van der Waals surface area contributed by atoms with Gasteiger partial charge in [-0.15, -0.1) is 0 Å². The highest BCUT2D eigenvalue weighted by Crippen LogP contribution is 2.06. The fourth-order valence-electron chi connectivity index (χ4n) is 1.80. The first-order valence-electron chi connectivity index (χ1n) is 7.10. The summed E-state index contributed by atoms with van der Waals surface area (Å²) in [4.78, 5) is 0. The van der Waals surface area contributed by atoms with Crippen LogP contribution in [0.15, 0.2) is 24.3 Å². The van der Waals surface area contributed by atoms with Gasteiger partial charge in [0.05, 0.1) is 6.61 Å². The molecule has 0 fully saturated rings. The average molecular weight is 265 g/mol. The zero-order valence-corrected chi connectivity index (χ0v) is 12.4. The molecule has 0 heterocycles. The first kappa shape index (κ1) is 16.2. The molecule has 3 heteroatoms.